The van der Waals surface area contributed by atoms with Gasteiger partial charge in [-0.2, -0.15) is 13.2 Å². The predicted octanol–water partition coefficient (Wildman–Crippen LogP) is 5.82. The number of fused-ring (bicyclic) bond motifs is 4. The van der Waals surface area contributed by atoms with E-state index < -0.39 is 54.4 Å². The molecule has 4 aromatic rings. The number of halogens is 3. The highest BCUT2D eigenvalue weighted by Gasteiger charge is 2.54. The molecule has 3 aliphatic rings. The number of piperazine rings is 1. The standard InChI is InChI=1S/C42H50F3N5O6/c1-40(2,36-22-29-23-46-16-14-33(29)55-36)49-19-18-48(32(25-49)38(52)47-17-15-42(43,44)45)24-30(51)21-28(20-27-10-6-5-7-11-27)39(53)50-37-31-12-8-9-13-34(31)54-26-35(37)56-41(50,3)4/h5-14,16,22-23,28,30,32,35,37,51H,15,17-21,24-26H2,1-4H3,(H,47,52)/t28-,30+,32+,35-,37+/m1/s1. The van der Waals surface area contributed by atoms with Crippen molar-refractivity contribution in [2.75, 3.05) is 39.3 Å². The molecule has 14 heteroatoms. The molecule has 0 bridgehead atoms. The molecule has 0 aliphatic carbocycles. The van der Waals surface area contributed by atoms with Gasteiger partial charge < -0.3 is 29.2 Å². The van der Waals surface area contributed by atoms with E-state index in [9.17, 15) is 27.9 Å². The van der Waals surface area contributed by atoms with Gasteiger partial charge in [0.1, 0.15) is 41.6 Å². The fourth-order valence-corrected chi connectivity index (χ4v) is 8.51. The van der Waals surface area contributed by atoms with Crippen LogP contribution >= 0.6 is 0 Å². The van der Waals surface area contributed by atoms with Crippen LogP contribution in [0.1, 0.15) is 63.5 Å². The van der Waals surface area contributed by atoms with Crippen molar-refractivity contribution in [1.29, 1.82) is 0 Å². The normalized spacial score (nSPS) is 22.6. The van der Waals surface area contributed by atoms with Gasteiger partial charge in [-0.15, -0.1) is 0 Å². The van der Waals surface area contributed by atoms with Crippen LogP contribution in [0.25, 0.3) is 11.0 Å². The summed E-state index contributed by atoms with van der Waals surface area (Å²) in [4.78, 5) is 38.5. The van der Waals surface area contributed by atoms with Crippen LogP contribution in [0.5, 0.6) is 5.75 Å². The van der Waals surface area contributed by atoms with E-state index in [4.69, 9.17) is 13.9 Å². The van der Waals surface area contributed by atoms with Gasteiger partial charge in [0.15, 0.2) is 0 Å². The van der Waals surface area contributed by atoms with Gasteiger partial charge in [-0.05, 0) is 64.3 Å². The summed E-state index contributed by atoms with van der Waals surface area (Å²) in [6, 6.07) is 19.7. The number of amides is 2. The Labute approximate surface area is 324 Å². The van der Waals surface area contributed by atoms with Crippen LogP contribution in [0.15, 0.2) is 83.5 Å². The first kappa shape index (κ1) is 39.7. The van der Waals surface area contributed by atoms with E-state index in [1.165, 1.54) is 0 Å². The number of rotatable bonds is 12. The van der Waals surface area contributed by atoms with Crippen molar-refractivity contribution in [2.24, 2.45) is 5.92 Å². The molecule has 0 unspecified atom stereocenters. The average molecular weight is 778 g/mol. The third-order valence-corrected chi connectivity index (χ3v) is 11.4. The highest BCUT2D eigenvalue weighted by molar-refractivity contribution is 5.82. The second-order valence-corrected chi connectivity index (χ2v) is 16.1. The molecule has 7 rings (SSSR count). The number of aromatic nitrogens is 1. The molecule has 0 spiro atoms. The lowest BCUT2D eigenvalue weighted by Crippen LogP contribution is -2.63. The van der Waals surface area contributed by atoms with Crippen LogP contribution in [0.2, 0.25) is 0 Å². The van der Waals surface area contributed by atoms with E-state index in [0.717, 1.165) is 16.5 Å². The van der Waals surface area contributed by atoms with E-state index in [-0.39, 0.29) is 37.6 Å². The number of furan rings is 1. The van der Waals surface area contributed by atoms with Crippen molar-refractivity contribution in [3.05, 3.63) is 96.0 Å². The van der Waals surface area contributed by atoms with E-state index in [1.54, 1.807) is 23.4 Å². The number of benzene rings is 2. The number of hydrogen-bond acceptors (Lipinski definition) is 9. The third kappa shape index (κ3) is 8.43. The lowest BCUT2D eigenvalue weighted by molar-refractivity contribution is -0.153. The minimum absolute atomic E-state index is 0.0309. The molecular weight excluding hydrogens is 727 g/mol. The van der Waals surface area contributed by atoms with E-state index in [1.807, 2.05) is 93.3 Å². The van der Waals surface area contributed by atoms with Gasteiger partial charge in [0.05, 0.1) is 24.1 Å². The second kappa shape index (κ2) is 15.8. The molecule has 2 amide bonds. The molecule has 300 valence electrons. The molecular formula is C42H50F3N5O6. The summed E-state index contributed by atoms with van der Waals surface area (Å²) in [7, 11) is 0. The first-order valence-corrected chi connectivity index (χ1v) is 19.2. The largest absolute Gasteiger partial charge is 0.490 e. The number of aliphatic hydroxyl groups excluding tert-OH is 1. The molecule has 5 atom stereocenters. The van der Waals surface area contributed by atoms with Gasteiger partial charge in [0.25, 0.3) is 0 Å². The van der Waals surface area contributed by atoms with Crippen molar-refractivity contribution in [2.45, 2.75) is 88.7 Å². The number of aliphatic hydroxyl groups is 1. The van der Waals surface area contributed by atoms with Crippen molar-refractivity contribution >= 4 is 22.8 Å². The van der Waals surface area contributed by atoms with Gasteiger partial charge in [0, 0.05) is 62.0 Å². The number of carbonyl (C=O) groups excluding carboxylic acids is 2. The molecule has 56 heavy (non-hydrogen) atoms. The topological polar surface area (TPSA) is 121 Å². The molecule has 0 saturated carbocycles. The number of para-hydroxylation sites is 1. The summed E-state index contributed by atoms with van der Waals surface area (Å²) in [6.45, 7) is 8.45. The van der Waals surface area contributed by atoms with Crippen molar-refractivity contribution in [3.8, 4) is 5.75 Å². The lowest BCUT2D eigenvalue weighted by atomic mass is 9.89. The number of nitrogens with one attached hydrogen (secondary N) is 1. The van der Waals surface area contributed by atoms with Crippen molar-refractivity contribution in [1.82, 2.24) is 25.0 Å². The number of pyridine rings is 1. The Bertz CT molecular complexity index is 1970. The molecule has 11 nitrogen and oxygen atoms in total. The number of alkyl halides is 3. The molecule has 2 fully saturated rings. The van der Waals surface area contributed by atoms with Crippen LogP contribution in [0.4, 0.5) is 13.2 Å². The molecule has 2 saturated heterocycles. The van der Waals surface area contributed by atoms with E-state index >= 15 is 0 Å². The third-order valence-electron chi connectivity index (χ3n) is 11.4. The Morgan fingerprint density at radius 2 is 1.80 bits per heavy atom. The maximum atomic E-state index is 14.9. The van der Waals surface area contributed by atoms with Crippen LogP contribution in [0.3, 0.4) is 0 Å². The Morgan fingerprint density at radius 1 is 1.05 bits per heavy atom. The molecule has 3 aliphatic heterocycles. The van der Waals surface area contributed by atoms with Crippen LogP contribution in [-0.2, 0) is 26.3 Å². The summed E-state index contributed by atoms with van der Waals surface area (Å²) >= 11 is 0. The minimum atomic E-state index is -4.43. The molecule has 2 aromatic carbocycles. The quantitative estimate of drug-likeness (QED) is 0.183. The van der Waals surface area contributed by atoms with Crippen LogP contribution in [-0.4, -0.2) is 106 Å². The number of β-amino-alcohol motifs (C(OH)–C–C–N with tert-alkyl or cyclic N) is 1. The smallest absolute Gasteiger partial charge is 0.390 e. The fourth-order valence-electron chi connectivity index (χ4n) is 8.51. The van der Waals surface area contributed by atoms with Crippen molar-refractivity contribution in [3.63, 3.8) is 0 Å². The zero-order valence-corrected chi connectivity index (χ0v) is 32.2. The summed E-state index contributed by atoms with van der Waals surface area (Å²) in [6.07, 6.45) is -3.22. The zero-order valence-electron chi connectivity index (χ0n) is 32.2. The van der Waals surface area contributed by atoms with Crippen LogP contribution < -0.4 is 10.1 Å². The maximum absolute atomic E-state index is 14.9. The first-order valence-electron chi connectivity index (χ1n) is 19.2. The summed E-state index contributed by atoms with van der Waals surface area (Å²) < 4.78 is 57.9. The Hall–Kier alpha value is -4.50. The Balaban J connectivity index is 1.12. The van der Waals surface area contributed by atoms with Gasteiger partial charge in [-0.3, -0.25) is 24.4 Å². The first-order chi connectivity index (χ1) is 26.6. The zero-order chi connectivity index (χ0) is 39.8. The highest BCUT2D eigenvalue weighted by Crippen LogP contribution is 2.48. The maximum Gasteiger partial charge on any atom is 0.390 e. The number of hydrogen-bond donors (Lipinski definition) is 2. The highest BCUT2D eigenvalue weighted by atomic mass is 19.4. The van der Waals surface area contributed by atoms with Crippen molar-refractivity contribution < 1.29 is 41.8 Å². The van der Waals surface area contributed by atoms with E-state index in [2.05, 4.69) is 15.2 Å². The second-order valence-electron chi connectivity index (χ2n) is 16.1. The Kier molecular flexibility index (Phi) is 11.2. The fraction of sp³-hybridized carbons (Fsp3) is 0.500. The number of ether oxygens (including phenoxy) is 2. The van der Waals surface area contributed by atoms with Gasteiger partial charge in [-0.1, -0.05) is 48.5 Å². The predicted molar refractivity (Wildman–Crippen MR) is 202 cm³/mol. The Morgan fingerprint density at radius 3 is 2.55 bits per heavy atom. The monoisotopic (exact) mass is 777 g/mol. The lowest BCUT2D eigenvalue weighted by Gasteiger charge is -2.47. The number of nitrogens with zero attached hydrogens (tertiary/aromatic N) is 4. The molecule has 2 aromatic heterocycles. The number of carbonyl (C=O) groups is 2. The summed E-state index contributed by atoms with van der Waals surface area (Å²) in [5.41, 5.74) is 0.810. The van der Waals surface area contributed by atoms with Gasteiger partial charge in [-0.25, -0.2) is 0 Å². The molecule has 0 radical (unpaired) electrons. The van der Waals surface area contributed by atoms with Gasteiger partial charge >= 0.3 is 6.18 Å². The summed E-state index contributed by atoms with van der Waals surface area (Å²) in [5.74, 6) is -0.0303. The summed E-state index contributed by atoms with van der Waals surface area (Å²) in [5, 5.41) is 15.2. The van der Waals surface area contributed by atoms with Gasteiger partial charge in [0.2, 0.25) is 11.8 Å². The van der Waals surface area contributed by atoms with Crippen LogP contribution in [0, 0.1) is 5.92 Å². The molecule has 5 heterocycles. The SMILES string of the molecule is CC1(C)O[C@@H]2COc3ccccc3[C@@H]2N1C(=O)[C@H](Cc1ccccc1)C[C@H](O)CN1CCN(C(C)(C)c2cc3cnccc3o2)C[C@H]1C(=O)NCCC(F)(F)F. The van der Waals surface area contributed by atoms with E-state index in [0.29, 0.717) is 43.2 Å². The molecule has 2 N–H and O–H groups in total. The minimum Gasteiger partial charge on any atom is -0.490 e. The average Bonchev–Trinajstić information content (AvgIpc) is 3.72.